The largest absolute Gasteiger partial charge is 0.383 e. The SMILES string of the molecule is COCC1CCCCN1C(=O)c1cc(Cn2cnc3ccccc32)[nH]n1. The summed E-state index contributed by atoms with van der Waals surface area (Å²) < 4.78 is 7.33. The van der Waals surface area contributed by atoms with Crippen LogP contribution in [0.15, 0.2) is 36.7 Å². The fraction of sp³-hybridized carbons (Fsp3) is 0.421. The molecule has 26 heavy (non-hydrogen) atoms. The van der Waals surface area contributed by atoms with Gasteiger partial charge in [0.25, 0.3) is 5.91 Å². The zero-order valence-electron chi connectivity index (χ0n) is 14.9. The van der Waals surface area contributed by atoms with E-state index >= 15 is 0 Å². The van der Waals surface area contributed by atoms with Gasteiger partial charge in [-0.2, -0.15) is 5.10 Å². The highest BCUT2D eigenvalue weighted by Gasteiger charge is 2.28. The van der Waals surface area contributed by atoms with Crippen LogP contribution in [0.5, 0.6) is 0 Å². The molecule has 4 rings (SSSR count). The van der Waals surface area contributed by atoms with Crippen LogP contribution in [-0.4, -0.2) is 56.9 Å². The molecule has 1 saturated heterocycles. The Kier molecular flexibility index (Phi) is 4.71. The van der Waals surface area contributed by atoms with Gasteiger partial charge < -0.3 is 14.2 Å². The highest BCUT2D eigenvalue weighted by Crippen LogP contribution is 2.20. The lowest BCUT2D eigenvalue weighted by Gasteiger charge is -2.34. The maximum Gasteiger partial charge on any atom is 0.274 e. The predicted octanol–water partition coefficient (Wildman–Crippen LogP) is 2.45. The number of imidazole rings is 1. The van der Waals surface area contributed by atoms with E-state index in [-0.39, 0.29) is 11.9 Å². The van der Waals surface area contributed by atoms with E-state index < -0.39 is 0 Å². The molecule has 0 spiro atoms. The predicted molar refractivity (Wildman–Crippen MR) is 98.0 cm³/mol. The fourth-order valence-corrected chi connectivity index (χ4v) is 3.65. The molecule has 3 aromatic rings. The Morgan fingerprint density at radius 1 is 1.35 bits per heavy atom. The first-order chi connectivity index (χ1) is 12.8. The molecule has 0 aliphatic carbocycles. The number of carbonyl (C=O) groups excluding carboxylic acids is 1. The molecule has 136 valence electrons. The molecule has 0 radical (unpaired) electrons. The summed E-state index contributed by atoms with van der Waals surface area (Å²) in [7, 11) is 1.68. The quantitative estimate of drug-likeness (QED) is 0.764. The molecule has 1 aliphatic heterocycles. The Balaban J connectivity index is 1.51. The van der Waals surface area contributed by atoms with Gasteiger partial charge in [0.1, 0.15) is 5.69 Å². The molecule has 1 unspecified atom stereocenters. The van der Waals surface area contributed by atoms with Crippen molar-refractivity contribution in [1.82, 2.24) is 24.6 Å². The minimum Gasteiger partial charge on any atom is -0.383 e. The number of nitrogens with one attached hydrogen (secondary N) is 1. The highest BCUT2D eigenvalue weighted by molar-refractivity contribution is 5.92. The Morgan fingerprint density at radius 3 is 3.12 bits per heavy atom. The van der Waals surface area contributed by atoms with Crippen LogP contribution in [-0.2, 0) is 11.3 Å². The molecular weight excluding hydrogens is 330 g/mol. The Hall–Kier alpha value is -2.67. The van der Waals surface area contributed by atoms with Crippen LogP contribution in [0.4, 0.5) is 0 Å². The number of fused-ring (bicyclic) bond motifs is 1. The number of amides is 1. The summed E-state index contributed by atoms with van der Waals surface area (Å²) in [5.41, 5.74) is 3.37. The van der Waals surface area contributed by atoms with E-state index in [1.54, 1.807) is 7.11 Å². The number of benzene rings is 1. The highest BCUT2D eigenvalue weighted by atomic mass is 16.5. The van der Waals surface area contributed by atoms with Gasteiger partial charge in [0.2, 0.25) is 0 Å². The topological polar surface area (TPSA) is 76.0 Å². The molecule has 1 N–H and O–H groups in total. The number of aromatic amines is 1. The first-order valence-corrected chi connectivity index (χ1v) is 9.00. The number of nitrogens with zero attached hydrogens (tertiary/aromatic N) is 4. The molecular formula is C19H23N5O2. The van der Waals surface area contributed by atoms with Gasteiger partial charge in [0.05, 0.1) is 42.2 Å². The second kappa shape index (κ2) is 7.29. The Morgan fingerprint density at radius 2 is 2.23 bits per heavy atom. The van der Waals surface area contributed by atoms with Crippen LogP contribution in [0.2, 0.25) is 0 Å². The summed E-state index contributed by atoms with van der Waals surface area (Å²) >= 11 is 0. The number of likely N-dealkylation sites (tertiary alicyclic amines) is 1. The molecule has 7 heteroatoms. The van der Waals surface area contributed by atoms with Gasteiger partial charge in [-0.3, -0.25) is 9.89 Å². The van der Waals surface area contributed by atoms with Crippen LogP contribution in [0.25, 0.3) is 11.0 Å². The van der Waals surface area contributed by atoms with E-state index in [2.05, 4.69) is 15.2 Å². The van der Waals surface area contributed by atoms with Crippen molar-refractivity contribution in [2.45, 2.75) is 31.8 Å². The zero-order chi connectivity index (χ0) is 17.9. The van der Waals surface area contributed by atoms with E-state index in [0.717, 1.165) is 42.5 Å². The number of carbonyl (C=O) groups is 1. The van der Waals surface area contributed by atoms with E-state index in [0.29, 0.717) is 18.8 Å². The van der Waals surface area contributed by atoms with E-state index in [1.807, 2.05) is 46.1 Å². The van der Waals surface area contributed by atoms with E-state index in [4.69, 9.17) is 4.74 Å². The summed E-state index contributed by atoms with van der Waals surface area (Å²) in [6, 6.07) is 9.97. The molecule has 2 aromatic heterocycles. The number of methoxy groups -OCH3 is 1. The summed E-state index contributed by atoms with van der Waals surface area (Å²) in [5, 5.41) is 7.25. The summed E-state index contributed by atoms with van der Waals surface area (Å²) in [4.78, 5) is 19.2. The summed E-state index contributed by atoms with van der Waals surface area (Å²) in [5.74, 6) is -0.0234. The van der Waals surface area contributed by atoms with Crippen molar-refractivity contribution in [1.29, 1.82) is 0 Å². The minimum absolute atomic E-state index is 0.0234. The minimum atomic E-state index is -0.0234. The number of hydrogen-bond donors (Lipinski definition) is 1. The molecule has 1 aliphatic rings. The van der Waals surface area contributed by atoms with Crippen LogP contribution in [0.3, 0.4) is 0 Å². The van der Waals surface area contributed by atoms with Crippen LogP contribution in [0.1, 0.15) is 35.4 Å². The number of para-hydroxylation sites is 2. The number of piperidine rings is 1. The fourth-order valence-electron chi connectivity index (χ4n) is 3.65. The van der Waals surface area contributed by atoms with E-state index in [1.165, 1.54) is 0 Å². The van der Waals surface area contributed by atoms with Gasteiger partial charge in [0, 0.05) is 13.7 Å². The lowest BCUT2D eigenvalue weighted by atomic mass is 10.0. The number of hydrogen-bond acceptors (Lipinski definition) is 4. The monoisotopic (exact) mass is 353 g/mol. The van der Waals surface area contributed by atoms with Crippen molar-refractivity contribution in [3.05, 3.63) is 48.0 Å². The molecule has 1 amide bonds. The van der Waals surface area contributed by atoms with Gasteiger partial charge in [-0.1, -0.05) is 12.1 Å². The molecule has 1 atom stereocenters. The normalized spacial score (nSPS) is 17.7. The second-order valence-electron chi connectivity index (χ2n) is 6.74. The molecule has 0 bridgehead atoms. The summed E-state index contributed by atoms with van der Waals surface area (Å²) in [6.07, 6.45) is 4.96. The first-order valence-electron chi connectivity index (χ1n) is 9.00. The third-order valence-electron chi connectivity index (χ3n) is 4.97. The van der Waals surface area contributed by atoms with Gasteiger partial charge in [-0.15, -0.1) is 0 Å². The molecule has 0 saturated carbocycles. The first kappa shape index (κ1) is 16.8. The maximum atomic E-state index is 12.9. The van der Waals surface area contributed by atoms with Crippen molar-refractivity contribution in [2.75, 3.05) is 20.3 Å². The Labute approximate surface area is 152 Å². The van der Waals surface area contributed by atoms with Crippen molar-refractivity contribution in [3.63, 3.8) is 0 Å². The molecule has 7 nitrogen and oxygen atoms in total. The van der Waals surface area contributed by atoms with Crippen molar-refractivity contribution < 1.29 is 9.53 Å². The third-order valence-corrected chi connectivity index (χ3v) is 4.97. The number of H-pyrrole nitrogens is 1. The van der Waals surface area contributed by atoms with Crippen molar-refractivity contribution in [3.8, 4) is 0 Å². The average molecular weight is 353 g/mol. The van der Waals surface area contributed by atoms with Gasteiger partial charge >= 0.3 is 0 Å². The van der Waals surface area contributed by atoms with Crippen molar-refractivity contribution in [2.24, 2.45) is 0 Å². The van der Waals surface area contributed by atoms with Gasteiger partial charge in [-0.25, -0.2) is 4.98 Å². The zero-order valence-corrected chi connectivity index (χ0v) is 14.9. The van der Waals surface area contributed by atoms with E-state index in [9.17, 15) is 4.79 Å². The lowest BCUT2D eigenvalue weighted by molar-refractivity contribution is 0.0423. The van der Waals surface area contributed by atoms with Crippen LogP contribution >= 0.6 is 0 Å². The van der Waals surface area contributed by atoms with Crippen LogP contribution < -0.4 is 0 Å². The third kappa shape index (κ3) is 3.22. The average Bonchev–Trinajstić information content (AvgIpc) is 3.30. The second-order valence-corrected chi connectivity index (χ2v) is 6.74. The van der Waals surface area contributed by atoms with Crippen molar-refractivity contribution >= 4 is 16.9 Å². The Bertz CT molecular complexity index is 898. The number of ether oxygens (including phenoxy) is 1. The molecule has 1 fully saturated rings. The lowest BCUT2D eigenvalue weighted by Crippen LogP contribution is -2.46. The van der Waals surface area contributed by atoms with Crippen LogP contribution in [0, 0.1) is 0 Å². The molecule has 3 heterocycles. The smallest absolute Gasteiger partial charge is 0.274 e. The van der Waals surface area contributed by atoms with Gasteiger partial charge in [0.15, 0.2) is 0 Å². The van der Waals surface area contributed by atoms with Gasteiger partial charge in [-0.05, 0) is 37.5 Å². The number of aromatic nitrogens is 4. The molecule has 1 aromatic carbocycles. The number of rotatable bonds is 5. The maximum absolute atomic E-state index is 12.9. The standard InChI is InChI=1S/C19H23N5O2/c1-26-12-15-6-4-5-9-24(15)19(25)17-10-14(21-22-17)11-23-13-20-16-7-2-3-8-18(16)23/h2-3,7-8,10,13,15H,4-6,9,11-12H2,1H3,(H,21,22). The summed E-state index contributed by atoms with van der Waals surface area (Å²) in [6.45, 7) is 1.94.